The normalized spacial score (nSPS) is 11.1. The zero-order chi connectivity index (χ0) is 21.2. The standard InChI is InChI=1S/C20H22ClN3O5/c1-3-28-14-8-10-15(11-9-14)29-13(2)19(26)24-23-18(25)12-22-20(27)16-6-4-5-7-17(16)21/h4-11,13H,3,12H2,1-2H3,(H,22,27)(H,23,25)(H,24,26)/t13-/m0/s1. The summed E-state index contributed by atoms with van der Waals surface area (Å²) in [6, 6.07) is 13.3. The van der Waals surface area contributed by atoms with E-state index in [1.807, 2.05) is 6.92 Å². The topological polar surface area (TPSA) is 106 Å². The van der Waals surface area contributed by atoms with Crippen LogP contribution in [0.2, 0.25) is 5.02 Å². The number of hydrogen-bond donors (Lipinski definition) is 3. The van der Waals surface area contributed by atoms with E-state index in [0.717, 1.165) is 0 Å². The van der Waals surface area contributed by atoms with Crippen molar-refractivity contribution in [1.29, 1.82) is 0 Å². The summed E-state index contributed by atoms with van der Waals surface area (Å²) in [5.74, 6) is -0.474. The molecule has 0 radical (unpaired) electrons. The first-order valence-electron chi connectivity index (χ1n) is 8.91. The number of carbonyl (C=O) groups is 3. The fourth-order valence-electron chi connectivity index (χ4n) is 2.22. The predicted octanol–water partition coefficient (Wildman–Crippen LogP) is 2.08. The molecule has 2 aromatic carbocycles. The molecule has 154 valence electrons. The molecule has 9 heteroatoms. The van der Waals surface area contributed by atoms with Gasteiger partial charge in [0.1, 0.15) is 11.5 Å². The van der Waals surface area contributed by atoms with E-state index in [2.05, 4.69) is 16.2 Å². The summed E-state index contributed by atoms with van der Waals surface area (Å²) < 4.78 is 10.8. The second-order valence-electron chi connectivity index (χ2n) is 5.86. The molecule has 0 unspecified atom stereocenters. The van der Waals surface area contributed by atoms with E-state index in [1.54, 1.807) is 42.5 Å². The van der Waals surface area contributed by atoms with Crippen molar-refractivity contribution in [3.8, 4) is 11.5 Å². The SMILES string of the molecule is CCOc1ccc(O[C@@H](C)C(=O)NNC(=O)CNC(=O)c2ccccc2Cl)cc1. The van der Waals surface area contributed by atoms with E-state index in [4.69, 9.17) is 21.1 Å². The summed E-state index contributed by atoms with van der Waals surface area (Å²) in [6.07, 6.45) is -0.856. The number of amides is 3. The Bertz CT molecular complexity index is 857. The predicted molar refractivity (Wildman–Crippen MR) is 108 cm³/mol. The third-order valence-electron chi connectivity index (χ3n) is 3.67. The van der Waals surface area contributed by atoms with Crippen molar-refractivity contribution in [2.75, 3.05) is 13.2 Å². The molecule has 0 bridgehead atoms. The molecule has 0 aromatic heterocycles. The lowest BCUT2D eigenvalue weighted by Gasteiger charge is -2.15. The van der Waals surface area contributed by atoms with Crippen LogP contribution < -0.4 is 25.6 Å². The maximum atomic E-state index is 12.0. The summed E-state index contributed by atoms with van der Waals surface area (Å²) in [5.41, 5.74) is 4.71. The maximum Gasteiger partial charge on any atom is 0.279 e. The van der Waals surface area contributed by atoms with Crippen LogP contribution in [-0.4, -0.2) is 37.0 Å². The largest absolute Gasteiger partial charge is 0.494 e. The fourth-order valence-corrected chi connectivity index (χ4v) is 2.44. The molecule has 0 saturated carbocycles. The molecule has 0 spiro atoms. The quantitative estimate of drug-likeness (QED) is 0.568. The minimum Gasteiger partial charge on any atom is -0.494 e. The molecule has 0 heterocycles. The third-order valence-corrected chi connectivity index (χ3v) is 4.00. The van der Waals surface area contributed by atoms with Crippen LogP contribution in [0.3, 0.4) is 0 Å². The molecular formula is C20H22ClN3O5. The Labute approximate surface area is 173 Å². The average Bonchev–Trinajstić information content (AvgIpc) is 2.72. The summed E-state index contributed by atoms with van der Waals surface area (Å²) in [5, 5.41) is 2.69. The molecule has 1 atom stereocenters. The average molecular weight is 420 g/mol. The highest BCUT2D eigenvalue weighted by Gasteiger charge is 2.16. The Morgan fingerprint density at radius 1 is 1.00 bits per heavy atom. The summed E-state index contributed by atoms with van der Waals surface area (Å²) in [6.45, 7) is 3.64. The number of carbonyl (C=O) groups excluding carboxylic acids is 3. The first kappa shape index (κ1) is 22.0. The molecule has 0 aliphatic rings. The zero-order valence-electron chi connectivity index (χ0n) is 16.0. The van der Waals surface area contributed by atoms with Gasteiger partial charge in [0.2, 0.25) is 0 Å². The van der Waals surface area contributed by atoms with E-state index >= 15 is 0 Å². The number of hydrazine groups is 1. The van der Waals surface area contributed by atoms with E-state index in [-0.39, 0.29) is 17.1 Å². The fraction of sp³-hybridized carbons (Fsp3) is 0.250. The molecule has 29 heavy (non-hydrogen) atoms. The molecule has 8 nitrogen and oxygen atoms in total. The minimum atomic E-state index is -0.856. The van der Waals surface area contributed by atoms with Gasteiger partial charge in [-0.05, 0) is 50.2 Å². The highest BCUT2D eigenvalue weighted by Crippen LogP contribution is 2.18. The van der Waals surface area contributed by atoms with Crippen LogP contribution in [-0.2, 0) is 9.59 Å². The highest BCUT2D eigenvalue weighted by atomic mass is 35.5. The number of rotatable bonds is 8. The van der Waals surface area contributed by atoms with Crippen molar-refractivity contribution >= 4 is 29.3 Å². The number of benzene rings is 2. The Morgan fingerprint density at radius 3 is 2.31 bits per heavy atom. The second-order valence-corrected chi connectivity index (χ2v) is 6.27. The maximum absolute atomic E-state index is 12.0. The van der Waals surface area contributed by atoms with Crippen LogP contribution in [0.4, 0.5) is 0 Å². The van der Waals surface area contributed by atoms with Crippen LogP contribution in [0.5, 0.6) is 11.5 Å². The van der Waals surface area contributed by atoms with E-state index in [1.165, 1.54) is 13.0 Å². The first-order chi connectivity index (χ1) is 13.9. The number of hydrogen-bond acceptors (Lipinski definition) is 5. The summed E-state index contributed by atoms with van der Waals surface area (Å²) in [7, 11) is 0. The van der Waals surface area contributed by atoms with Gasteiger partial charge in [-0.15, -0.1) is 0 Å². The van der Waals surface area contributed by atoms with Crippen LogP contribution in [0.15, 0.2) is 48.5 Å². The van der Waals surface area contributed by atoms with Gasteiger partial charge in [-0.2, -0.15) is 0 Å². The number of halogens is 1. The smallest absolute Gasteiger partial charge is 0.279 e. The molecule has 2 rings (SSSR count). The van der Waals surface area contributed by atoms with Crippen LogP contribution in [0.1, 0.15) is 24.2 Å². The molecule has 3 amide bonds. The van der Waals surface area contributed by atoms with Gasteiger partial charge in [-0.25, -0.2) is 0 Å². The Morgan fingerprint density at radius 2 is 1.66 bits per heavy atom. The van der Waals surface area contributed by atoms with Crippen LogP contribution in [0, 0.1) is 0 Å². The van der Waals surface area contributed by atoms with Gasteiger partial charge in [0.05, 0.1) is 23.7 Å². The lowest BCUT2D eigenvalue weighted by molar-refractivity contribution is -0.132. The van der Waals surface area contributed by atoms with Crippen molar-refractivity contribution in [2.45, 2.75) is 20.0 Å². The Balaban J connectivity index is 1.74. The zero-order valence-corrected chi connectivity index (χ0v) is 16.8. The first-order valence-corrected chi connectivity index (χ1v) is 9.29. The van der Waals surface area contributed by atoms with Gasteiger partial charge in [0.25, 0.3) is 17.7 Å². The van der Waals surface area contributed by atoms with Gasteiger partial charge in [0.15, 0.2) is 6.10 Å². The van der Waals surface area contributed by atoms with Crippen molar-refractivity contribution in [3.63, 3.8) is 0 Å². The third kappa shape index (κ3) is 7.00. The van der Waals surface area contributed by atoms with Gasteiger partial charge < -0.3 is 14.8 Å². The number of ether oxygens (including phenoxy) is 2. The monoisotopic (exact) mass is 419 g/mol. The van der Waals surface area contributed by atoms with Crippen molar-refractivity contribution < 1.29 is 23.9 Å². The van der Waals surface area contributed by atoms with Gasteiger partial charge in [-0.1, -0.05) is 23.7 Å². The lowest BCUT2D eigenvalue weighted by atomic mass is 10.2. The molecule has 0 saturated heterocycles. The van der Waals surface area contributed by atoms with E-state index in [9.17, 15) is 14.4 Å². The molecular weight excluding hydrogens is 398 g/mol. The van der Waals surface area contributed by atoms with Gasteiger partial charge >= 0.3 is 0 Å². The molecule has 0 aliphatic carbocycles. The highest BCUT2D eigenvalue weighted by molar-refractivity contribution is 6.33. The second kappa shape index (κ2) is 10.9. The van der Waals surface area contributed by atoms with Crippen molar-refractivity contribution in [1.82, 2.24) is 16.2 Å². The molecule has 2 aromatic rings. The van der Waals surface area contributed by atoms with Crippen molar-refractivity contribution in [3.05, 3.63) is 59.1 Å². The number of nitrogens with one attached hydrogen (secondary N) is 3. The van der Waals surface area contributed by atoms with E-state index < -0.39 is 23.8 Å². The van der Waals surface area contributed by atoms with Crippen molar-refractivity contribution in [2.24, 2.45) is 0 Å². The molecule has 3 N–H and O–H groups in total. The minimum absolute atomic E-state index is 0.253. The Kier molecular flexibility index (Phi) is 8.29. The van der Waals surface area contributed by atoms with Gasteiger partial charge in [-0.3, -0.25) is 25.2 Å². The molecule has 0 fully saturated rings. The van der Waals surface area contributed by atoms with E-state index in [0.29, 0.717) is 18.1 Å². The lowest BCUT2D eigenvalue weighted by Crippen LogP contribution is -2.50. The summed E-state index contributed by atoms with van der Waals surface area (Å²) in [4.78, 5) is 35.9. The summed E-state index contributed by atoms with van der Waals surface area (Å²) >= 11 is 5.92. The van der Waals surface area contributed by atoms with Crippen LogP contribution in [0.25, 0.3) is 0 Å². The van der Waals surface area contributed by atoms with Crippen LogP contribution >= 0.6 is 11.6 Å². The van der Waals surface area contributed by atoms with Gasteiger partial charge in [0, 0.05) is 0 Å². The Hall–Kier alpha value is -3.26. The molecule has 0 aliphatic heterocycles.